The van der Waals surface area contributed by atoms with Gasteiger partial charge < -0.3 is 15.0 Å². The van der Waals surface area contributed by atoms with Crippen LogP contribution in [0.4, 0.5) is 10.6 Å². The first-order valence-electron chi connectivity index (χ1n) is 14.1. The summed E-state index contributed by atoms with van der Waals surface area (Å²) in [6, 6.07) is 4.78. The van der Waals surface area contributed by atoms with E-state index >= 15 is 0 Å². The fraction of sp³-hybridized carbons (Fsp3) is 0.467. The fourth-order valence-corrected chi connectivity index (χ4v) is 7.30. The number of carbonyl (C=O) groups is 1. The molecule has 1 N–H and O–H groups in total. The number of aryl methyl sites for hydroxylation is 1. The molecule has 6 heterocycles. The molecule has 4 aromatic rings. The van der Waals surface area contributed by atoms with Crippen molar-refractivity contribution in [3.05, 3.63) is 48.8 Å². The number of aromatic nitrogens is 6. The van der Waals surface area contributed by atoms with E-state index in [1.165, 1.54) is 0 Å². The number of ether oxygens (including phenoxy) is 1. The third kappa shape index (κ3) is 4.47. The van der Waals surface area contributed by atoms with Gasteiger partial charge in [0.25, 0.3) is 0 Å². The van der Waals surface area contributed by atoms with Gasteiger partial charge in [-0.1, -0.05) is 0 Å². The van der Waals surface area contributed by atoms with Crippen molar-refractivity contribution in [1.82, 2.24) is 34.7 Å². The van der Waals surface area contributed by atoms with Gasteiger partial charge in [-0.25, -0.2) is 14.3 Å². The number of amides is 1. The summed E-state index contributed by atoms with van der Waals surface area (Å²) in [7, 11) is 1.88. The summed E-state index contributed by atoms with van der Waals surface area (Å²) in [4.78, 5) is 24.9. The summed E-state index contributed by atoms with van der Waals surface area (Å²) in [5.41, 5.74) is 3.76. The van der Waals surface area contributed by atoms with E-state index in [-0.39, 0.29) is 23.7 Å². The molecule has 4 atom stereocenters. The van der Waals surface area contributed by atoms with Crippen molar-refractivity contribution in [2.45, 2.75) is 76.1 Å². The van der Waals surface area contributed by atoms with Gasteiger partial charge >= 0.3 is 6.09 Å². The summed E-state index contributed by atoms with van der Waals surface area (Å²) in [5, 5.41) is 21.4. The maximum atomic E-state index is 12.7. The second-order valence-corrected chi connectivity index (χ2v) is 12.9. The smallest absolute Gasteiger partial charge is 0.408 e. The maximum Gasteiger partial charge on any atom is 0.408 e. The van der Waals surface area contributed by atoms with E-state index in [4.69, 9.17) is 14.7 Å². The molecule has 11 heteroatoms. The first kappa shape index (κ1) is 25.5. The van der Waals surface area contributed by atoms with E-state index in [2.05, 4.69) is 26.5 Å². The van der Waals surface area contributed by atoms with Crippen molar-refractivity contribution in [2.75, 3.05) is 4.90 Å². The van der Waals surface area contributed by atoms with E-state index < -0.39 is 5.60 Å². The predicted molar refractivity (Wildman–Crippen MR) is 152 cm³/mol. The molecule has 2 saturated heterocycles. The molecular formula is C30H33N9O2. The Labute approximate surface area is 238 Å². The molecular weight excluding hydrogens is 518 g/mol. The molecule has 2 aliphatic carbocycles. The molecule has 2 unspecified atom stereocenters. The molecule has 4 fully saturated rings. The zero-order valence-electron chi connectivity index (χ0n) is 23.7. The number of hydrogen-bond acceptors (Lipinski definition) is 8. The zero-order chi connectivity index (χ0) is 28.5. The number of rotatable bonds is 4. The zero-order valence-corrected chi connectivity index (χ0v) is 23.7. The Bertz CT molecular complexity index is 1680. The maximum absolute atomic E-state index is 12.7. The highest BCUT2D eigenvalue weighted by molar-refractivity contribution is 5.86. The average molecular weight is 552 g/mol. The number of nitriles is 1. The number of piperidine rings is 2. The van der Waals surface area contributed by atoms with Crippen LogP contribution in [0.5, 0.6) is 0 Å². The van der Waals surface area contributed by atoms with Gasteiger partial charge in [-0.05, 0) is 52.0 Å². The van der Waals surface area contributed by atoms with Crippen LogP contribution >= 0.6 is 0 Å². The van der Waals surface area contributed by atoms with E-state index in [0.717, 1.165) is 54.6 Å². The Morgan fingerprint density at radius 1 is 1.05 bits per heavy atom. The fourth-order valence-electron chi connectivity index (χ4n) is 7.30. The molecule has 210 valence electrons. The van der Waals surface area contributed by atoms with Crippen LogP contribution in [0.1, 0.15) is 58.4 Å². The second kappa shape index (κ2) is 9.03. The van der Waals surface area contributed by atoms with E-state index in [0.29, 0.717) is 22.7 Å². The van der Waals surface area contributed by atoms with E-state index in [1.54, 1.807) is 27.8 Å². The van der Waals surface area contributed by atoms with Crippen molar-refractivity contribution in [2.24, 2.45) is 13.0 Å². The van der Waals surface area contributed by atoms with Crippen LogP contribution < -0.4 is 10.2 Å². The molecule has 0 aromatic carbocycles. The molecule has 4 aliphatic rings. The van der Waals surface area contributed by atoms with Crippen LogP contribution in [0, 0.1) is 17.2 Å². The lowest BCUT2D eigenvalue weighted by Crippen LogP contribution is -2.66. The van der Waals surface area contributed by atoms with Gasteiger partial charge in [0.15, 0.2) is 0 Å². The highest BCUT2D eigenvalue weighted by atomic mass is 16.6. The summed E-state index contributed by atoms with van der Waals surface area (Å²) in [6.07, 6.45) is 15.2. The minimum Gasteiger partial charge on any atom is -0.443 e. The topological polar surface area (TPSA) is 126 Å². The largest absolute Gasteiger partial charge is 0.443 e. The Balaban J connectivity index is 1.18. The third-order valence-electron chi connectivity index (χ3n) is 8.61. The van der Waals surface area contributed by atoms with Gasteiger partial charge in [0, 0.05) is 66.6 Å². The lowest BCUT2D eigenvalue weighted by atomic mass is 9.61. The molecule has 2 aliphatic heterocycles. The summed E-state index contributed by atoms with van der Waals surface area (Å²) < 4.78 is 9.62. The molecule has 8 rings (SSSR count). The normalized spacial score (nSPS) is 25.0. The standard InChI is InChI=1S/C30H33N9O2/c1-29(2,3)36-28(40)41-30-8-18-5-22(9-30)39(23(6-18)10-30)26-15-32-25(14-33-26)24-7-19(21-13-34-37(4)16-21)17-38-27(24)20(11-31)12-35-38/h7,12-18,22-23H,5-6,8-10H2,1-4H3,(H,36,40)/t18?,22-,23+,30?. The number of pyridine rings is 1. The molecule has 1 amide bonds. The molecule has 0 radical (unpaired) electrons. The Hall–Kier alpha value is -4.46. The van der Waals surface area contributed by atoms with Gasteiger partial charge in [-0.2, -0.15) is 15.5 Å². The SMILES string of the molecule is Cn1cc(-c2cc(-c3cnc(N4[C@@H]5CC6C[C@H]4CC(OC(=O)NC(C)(C)C)(C6)C5)cn3)c3c(C#N)cnn3c2)cn1. The highest BCUT2D eigenvalue weighted by Crippen LogP contribution is 2.54. The number of anilines is 1. The number of nitrogens with zero attached hydrogens (tertiary/aromatic N) is 8. The number of fused-ring (bicyclic) bond motifs is 1. The van der Waals surface area contributed by atoms with Crippen molar-refractivity contribution in [1.29, 1.82) is 5.26 Å². The molecule has 4 aromatic heterocycles. The lowest BCUT2D eigenvalue weighted by molar-refractivity contribution is -0.0945. The number of nitrogens with one attached hydrogen (secondary N) is 1. The number of hydrogen-bond donors (Lipinski definition) is 1. The van der Waals surface area contributed by atoms with Crippen LogP contribution in [-0.4, -0.2) is 58.7 Å². The second-order valence-electron chi connectivity index (χ2n) is 12.9. The van der Waals surface area contributed by atoms with Gasteiger partial charge in [0.1, 0.15) is 17.5 Å². The molecule has 41 heavy (non-hydrogen) atoms. The summed E-state index contributed by atoms with van der Waals surface area (Å²) >= 11 is 0. The molecule has 4 bridgehead atoms. The summed E-state index contributed by atoms with van der Waals surface area (Å²) in [5.74, 6) is 1.39. The Morgan fingerprint density at radius 3 is 2.46 bits per heavy atom. The van der Waals surface area contributed by atoms with Crippen molar-refractivity contribution in [3.63, 3.8) is 0 Å². The Kier molecular flexibility index (Phi) is 5.61. The first-order valence-corrected chi connectivity index (χ1v) is 14.1. The minimum absolute atomic E-state index is 0.254. The van der Waals surface area contributed by atoms with Crippen molar-refractivity contribution < 1.29 is 9.53 Å². The van der Waals surface area contributed by atoms with Crippen LogP contribution in [0.2, 0.25) is 0 Å². The van der Waals surface area contributed by atoms with Gasteiger partial charge in [0.05, 0.1) is 41.6 Å². The van der Waals surface area contributed by atoms with Crippen LogP contribution in [-0.2, 0) is 11.8 Å². The number of carbonyl (C=O) groups excluding carboxylic acids is 1. The summed E-state index contributed by atoms with van der Waals surface area (Å²) in [6.45, 7) is 5.89. The van der Waals surface area contributed by atoms with Crippen LogP contribution in [0.25, 0.3) is 27.9 Å². The highest BCUT2D eigenvalue weighted by Gasteiger charge is 2.57. The quantitative estimate of drug-likeness (QED) is 0.394. The van der Waals surface area contributed by atoms with Gasteiger partial charge in [-0.3, -0.25) is 9.67 Å². The van der Waals surface area contributed by atoms with Gasteiger partial charge in [0.2, 0.25) is 0 Å². The first-order chi connectivity index (χ1) is 19.6. The van der Waals surface area contributed by atoms with E-state index in [1.807, 2.05) is 52.5 Å². The Morgan fingerprint density at radius 2 is 1.83 bits per heavy atom. The minimum atomic E-state index is -0.413. The third-order valence-corrected chi connectivity index (χ3v) is 8.61. The van der Waals surface area contributed by atoms with E-state index in [9.17, 15) is 10.1 Å². The number of alkyl carbamates (subject to hydrolysis) is 1. The van der Waals surface area contributed by atoms with Crippen molar-refractivity contribution >= 4 is 17.4 Å². The average Bonchev–Trinajstić information content (AvgIpc) is 3.52. The van der Waals surface area contributed by atoms with Crippen LogP contribution in [0.15, 0.2) is 43.2 Å². The monoisotopic (exact) mass is 551 g/mol. The molecule has 2 saturated carbocycles. The van der Waals surface area contributed by atoms with Crippen LogP contribution in [0.3, 0.4) is 0 Å². The predicted octanol–water partition coefficient (Wildman–Crippen LogP) is 4.48. The molecule has 11 nitrogen and oxygen atoms in total. The van der Waals surface area contributed by atoms with Gasteiger partial charge in [-0.15, -0.1) is 0 Å². The lowest BCUT2D eigenvalue weighted by Gasteiger charge is -2.60. The molecule has 0 spiro atoms. The van der Waals surface area contributed by atoms with Crippen molar-refractivity contribution in [3.8, 4) is 28.5 Å².